The molecule has 254 valence electrons. The SMILES string of the molecule is CCCCCC(=O)OC[C@H](CSP(=O)([O-])O[C@@H]1[C@H](O)[C@H](O)[C@@H](OP(=O)([O-])O)[C@H](OP(=O)([O-])O)[C@H]1O)OC(=O)CCCCC.[Na+].[Na+].[Na+]. The second-order valence-electron chi connectivity index (χ2n) is 9.57. The number of unbranched alkanes of at least 4 members (excludes halogenated alkanes) is 4. The second kappa shape index (κ2) is 25.5. The van der Waals surface area contributed by atoms with Crippen LogP contribution < -0.4 is 103 Å². The normalized spacial score (nSPS) is 27.2. The summed E-state index contributed by atoms with van der Waals surface area (Å²) in [5, 5.41) is 31.1. The first-order chi connectivity index (χ1) is 19.8. The third-order valence-corrected chi connectivity index (χ3v) is 9.91. The van der Waals surface area contributed by atoms with Crippen LogP contribution in [0.25, 0.3) is 0 Å². The Labute approximate surface area is 337 Å². The third kappa shape index (κ3) is 21.8. The molecule has 5 N–H and O–H groups in total. The maximum absolute atomic E-state index is 12.8. The monoisotopic (exact) mass is 772 g/mol. The molecule has 1 rings (SSSR count). The molecule has 0 aliphatic heterocycles. The second-order valence-corrected chi connectivity index (χ2v) is 15.7. The fraction of sp³-hybridized carbons (Fsp3) is 0.905. The van der Waals surface area contributed by atoms with E-state index in [0.29, 0.717) is 12.8 Å². The molecule has 0 heterocycles. The molecule has 0 aromatic heterocycles. The summed E-state index contributed by atoms with van der Waals surface area (Å²) < 4.78 is 58.5. The van der Waals surface area contributed by atoms with E-state index >= 15 is 0 Å². The number of hydrogen-bond acceptors (Lipinski definition) is 17. The number of phosphoric acid groups is 2. The van der Waals surface area contributed by atoms with Crippen LogP contribution >= 0.6 is 33.8 Å². The van der Waals surface area contributed by atoms with Gasteiger partial charge in [-0.25, -0.2) is 0 Å². The van der Waals surface area contributed by atoms with Crippen molar-refractivity contribution in [2.75, 3.05) is 12.4 Å². The first-order valence-corrected chi connectivity index (χ1v) is 19.4. The number of hydrogen-bond donors (Lipinski definition) is 5. The van der Waals surface area contributed by atoms with Crippen molar-refractivity contribution in [3.8, 4) is 0 Å². The molecule has 0 spiro atoms. The van der Waals surface area contributed by atoms with Crippen molar-refractivity contribution in [3.63, 3.8) is 0 Å². The minimum Gasteiger partial charge on any atom is -0.770 e. The van der Waals surface area contributed by atoms with Crippen molar-refractivity contribution >= 4 is 45.8 Å². The van der Waals surface area contributed by atoms with E-state index in [-0.39, 0.29) is 113 Å². The Hall–Kier alpha value is 2.54. The van der Waals surface area contributed by atoms with Crippen LogP contribution in [0.2, 0.25) is 0 Å². The smallest absolute Gasteiger partial charge is 0.770 e. The quantitative estimate of drug-likeness (QED) is 0.0332. The van der Waals surface area contributed by atoms with E-state index in [2.05, 4.69) is 9.05 Å². The molecule has 18 nitrogen and oxygen atoms in total. The van der Waals surface area contributed by atoms with Crippen molar-refractivity contribution in [1.29, 1.82) is 0 Å². The average molecular weight is 772 g/mol. The van der Waals surface area contributed by atoms with Crippen LogP contribution in [0.3, 0.4) is 0 Å². The molecular weight excluding hydrogens is 734 g/mol. The molecule has 0 radical (unpaired) electrons. The number of phosphoric ester groups is 2. The Morgan fingerprint density at radius 2 is 1.15 bits per heavy atom. The van der Waals surface area contributed by atoms with E-state index in [4.69, 9.17) is 23.8 Å². The Bertz CT molecular complexity index is 1040. The molecule has 0 amide bonds. The minimum absolute atomic E-state index is 0. The van der Waals surface area contributed by atoms with E-state index < -0.39 is 89.5 Å². The zero-order valence-corrected chi connectivity index (χ0v) is 35.9. The van der Waals surface area contributed by atoms with Crippen LogP contribution in [0.15, 0.2) is 0 Å². The number of carbonyl (C=O) groups excluding carboxylic acids is 2. The van der Waals surface area contributed by atoms with Crippen LogP contribution in [0.1, 0.15) is 65.2 Å². The molecule has 1 aliphatic carbocycles. The van der Waals surface area contributed by atoms with Gasteiger partial charge >= 0.3 is 101 Å². The zero-order valence-electron chi connectivity index (χ0n) is 26.4. The number of esters is 2. The molecule has 10 atom stereocenters. The molecule has 0 bridgehead atoms. The van der Waals surface area contributed by atoms with Crippen LogP contribution in [0, 0.1) is 0 Å². The van der Waals surface area contributed by atoms with Crippen molar-refractivity contribution in [1.82, 2.24) is 0 Å². The van der Waals surface area contributed by atoms with Gasteiger partial charge in [0.2, 0.25) is 0 Å². The Morgan fingerprint density at radius 1 is 0.717 bits per heavy atom. The summed E-state index contributed by atoms with van der Waals surface area (Å²) in [4.78, 5) is 77.4. The fourth-order valence-electron chi connectivity index (χ4n) is 3.85. The van der Waals surface area contributed by atoms with Gasteiger partial charge < -0.3 is 62.8 Å². The van der Waals surface area contributed by atoms with Crippen LogP contribution in [-0.2, 0) is 46.3 Å². The maximum Gasteiger partial charge on any atom is 1.00 e. The third-order valence-electron chi connectivity index (χ3n) is 5.90. The minimum atomic E-state index is -5.83. The number of carbonyl (C=O) groups is 2. The molecule has 1 saturated carbocycles. The standard InChI is InChI=1S/C21H41O18P3S.3Na/c1-3-5-7-9-14(22)35-11-13(36-15(23)10-8-6-4-2)12-43-42(33,34)39-19-16(24)17(25)20(37-40(27,28)29)21(18(19)26)38-41(30,31)32;;;/h13,16-21,24-26H,3-12H2,1-2H3,(H,33,34)(H2,27,28,29)(H2,30,31,32);;;/q;3*+1/p-3/t13-,16-,17+,18+,19-,20-,21-;;;/m1.../s1. The molecule has 0 aromatic rings. The predicted molar refractivity (Wildman–Crippen MR) is 141 cm³/mol. The summed E-state index contributed by atoms with van der Waals surface area (Å²) in [5.41, 5.74) is 0. The maximum atomic E-state index is 12.8. The van der Waals surface area contributed by atoms with Gasteiger partial charge in [0, 0.05) is 18.6 Å². The van der Waals surface area contributed by atoms with Gasteiger partial charge in [0.1, 0.15) is 49.3 Å². The van der Waals surface area contributed by atoms with Gasteiger partial charge in [-0.3, -0.25) is 23.3 Å². The summed E-state index contributed by atoms with van der Waals surface area (Å²) in [5.74, 6) is -1.88. The summed E-state index contributed by atoms with van der Waals surface area (Å²) in [7, 11) is -11.6. The van der Waals surface area contributed by atoms with Gasteiger partial charge in [-0.15, -0.1) is 0 Å². The number of rotatable bonds is 20. The number of ether oxygens (including phenoxy) is 2. The van der Waals surface area contributed by atoms with Crippen LogP contribution in [0.5, 0.6) is 0 Å². The molecule has 0 aromatic carbocycles. The van der Waals surface area contributed by atoms with Crippen molar-refractivity contribution < 1.29 is 175 Å². The topological polar surface area (TPSA) is 302 Å². The van der Waals surface area contributed by atoms with Crippen molar-refractivity contribution in [2.45, 2.75) is 108 Å². The molecule has 1 fully saturated rings. The number of aliphatic hydroxyl groups excluding tert-OH is 3. The van der Waals surface area contributed by atoms with E-state index in [1.807, 2.05) is 13.8 Å². The molecule has 0 saturated heterocycles. The first-order valence-electron chi connectivity index (χ1n) is 13.3. The Kier molecular flexibility index (Phi) is 29.3. The first kappa shape index (κ1) is 52.9. The van der Waals surface area contributed by atoms with Crippen molar-refractivity contribution in [3.05, 3.63) is 0 Å². The molecule has 3 unspecified atom stereocenters. The van der Waals surface area contributed by atoms with E-state index in [1.165, 1.54) is 0 Å². The van der Waals surface area contributed by atoms with Crippen molar-refractivity contribution in [2.24, 2.45) is 0 Å². The summed E-state index contributed by atoms with van der Waals surface area (Å²) in [6.07, 6.45) is -12.2. The van der Waals surface area contributed by atoms with Gasteiger partial charge in [-0.1, -0.05) is 50.9 Å². The van der Waals surface area contributed by atoms with Crippen LogP contribution in [-0.4, -0.2) is 92.1 Å². The summed E-state index contributed by atoms with van der Waals surface area (Å²) in [6.45, 7) is -1.93. The molecule has 46 heavy (non-hydrogen) atoms. The van der Waals surface area contributed by atoms with E-state index in [9.17, 15) is 53.3 Å². The zero-order chi connectivity index (χ0) is 33.0. The fourth-order valence-corrected chi connectivity index (χ4v) is 7.61. The Balaban J connectivity index is -0.00000616. The van der Waals surface area contributed by atoms with Gasteiger partial charge in [-0.05, 0) is 12.8 Å². The molecular formula is C21H38Na3O18P3S. The van der Waals surface area contributed by atoms with Crippen LogP contribution in [0.4, 0.5) is 0 Å². The van der Waals surface area contributed by atoms with Gasteiger partial charge in [0.25, 0.3) is 15.6 Å². The van der Waals surface area contributed by atoms with E-state index in [1.54, 1.807) is 0 Å². The van der Waals surface area contributed by atoms with E-state index in [0.717, 1.165) is 25.7 Å². The van der Waals surface area contributed by atoms with Gasteiger partial charge in [0.05, 0.1) is 0 Å². The van der Waals surface area contributed by atoms with Gasteiger partial charge in [0.15, 0.2) is 6.80 Å². The molecule has 1 aliphatic rings. The van der Waals surface area contributed by atoms with Gasteiger partial charge in [-0.2, -0.15) is 0 Å². The largest absolute Gasteiger partial charge is 1.00 e. The summed E-state index contributed by atoms with van der Waals surface area (Å²) >= 11 is -0.0126. The summed E-state index contributed by atoms with van der Waals surface area (Å²) in [6, 6.07) is 0. The number of aliphatic hydroxyl groups is 3. The average Bonchev–Trinajstić information content (AvgIpc) is 2.88. The molecule has 25 heteroatoms. The Morgan fingerprint density at radius 3 is 1.61 bits per heavy atom. The predicted octanol–water partition coefficient (Wildman–Crippen LogP) is -10.0.